The van der Waals surface area contributed by atoms with Gasteiger partial charge in [-0.25, -0.2) is 14.8 Å². The van der Waals surface area contributed by atoms with Crippen molar-refractivity contribution in [3.05, 3.63) is 23.9 Å². The zero-order valence-electron chi connectivity index (χ0n) is 28.9. The van der Waals surface area contributed by atoms with Crippen molar-refractivity contribution >= 4 is 28.8 Å². The van der Waals surface area contributed by atoms with Gasteiger partial charge in [0.1, 0.15) is 24.0 Å². The van der Waals surface area contributed by atoms with E-state index in [9.17, 15) is 14.4 Å². The second-order valence-corrected chi connectivity index (χ2v) is 15.5. The summed E-state index contributed by atoms with van der Waals surface area (Å²) in [5.74, 6) is -3.34. The molecule has 10 nitrogen and oxygen atoms in total. The zero-order chi connectivity index (χ0) is 34.7. The van der Waals surface area contributed by atoms with Crippen molar-refractivity contribution in [1.82, 2.24) is 20.2 Å². The monoisotopic (exact) mass is 682 g/mol. The number of halogens is 2. The SMILES string of the molecule is COc1ccc2nc3c(nc2c1)O[C@H]1CN(C(=O)[C@H](C2(C)CCCCC2)NC(=O)O[C@@H]2CC4CC4[C@H]2CCCCC3(F)F)[C@H](C(C)=O)[C@@H]1C. The first-order valence-electron chi connectivity index (χ1n) is 18.1. The van der Waals surface area contributed by atoms with Gasteiger partial charge in [0, 0.05) is 18.4 Å². The molecule has 2 bridgehead atoms. The van der Waals surface area contributed by atoms with Crippen molar-refractivity contribution in [2.45, 2.75) is 122 Å². The molecule has 4 fully saturated rings. The highest BCUT2D eigenvalue weighted by Crippen LogP contribution is 2.58. The topological polar surface area (TPSA) is 120 Å². The number of ketones is 1. The highest BCUT2D eigenvalue weighted by molar-refractivity contribution is 5.92. The third kappa shape index (κ3) is 6.44. The number of Topliss-reactive ketones (excluding diaryl/α,β-unsaturated/α-hetero) is 1. The van der Waals surface area contributed by atoms with Gasteiger partial charge >= 0.3 is 6.09 Å². The quantitative estimate of drug-likeness (QED) is 0.386. The van der Waals surface area contributed by atoms with Crippen LogP contribution >= 0.6 is 0 Å². The lowest BCUT2D eigenvalue weighted by molar-refractivity contribution is -0.142. The number of rotatable bonds is 3. The van der Waals surface area contributed by atoms with Crippen LogP contribution in [0.5, 0.6) is 11.6 Å². The van der Waals surface area contributed by atoms with Gasteiger partial charge in [0.15, 0.2) is 11.5 Å². The van der Waals surface area contributed by atoms with Crippen LogP contribution in [0, 0.1) is 29.1 Å². The molecule has 2 aromatic rings. The molecule has 2 unspecified atom stereocenters. The molecule has 49 heavy (non-hydrogen) atoms. The van der Waals surface area contributed by atoms with Crippen molar-refractivity contribution in [3.63, 3.8) is 0 Å². The Morgan fingerprint density at radius 1 is 0.980 bits per heavy atom. The highest BCUT2D eigenvalue weighted by Gasteiger charge is 2.55. The number of carbonyl (C=O) groups is 3. The van der Waals surface area contributed by atoms with E-state index >= 15 is 8.78 Å². The summed E-state index contributed by atoms with van der Waals surface area (Å²) in [6.07, 6.45) is 5.44. The Labute approximate surface area is 286 Å². The minimum atomic E-state index is -3.35. The molecular formula is C37H48F2N4O6. The van der Waals surface area contributed by atoms with Gasteiger partial charge < -0.3 is 24.4 Å². The third-order valence-electron chi connectivity index (χ3n) is 12.2. The van der Waals surface area contributed by atoms with E-state index in [1.807, 2.05) is 6.92 Å². The number of alkyl halides is 2. The number of fused-ring (bicyclic) bond motifs is 7. The van der Waals surface area contributed by atoms with E-state index in [1.165, 1.54) is 18.9 Å². The second kappa shape index (κ2) is 13.0. The lowest BCUT2D eigenvalue weighted by Crippen LogP contribution is -2.59. The Balaban J connectivity index is 1.29. The lowest BCUT2D eigenvalue weighted by Gasteiger charge is -2.42. The maximum Gasteiger partial charge on any atom is 0.408 e. The Morgan fingerprint density at radius 3 is 2.47 bits per heavy atom. The minimum Gasteiger partial charge on any atom is -0.497 e. The summed E-state index contributed by atoms with van der Waals surface area (Å²) >= 11 is 0. The number of hydrogen-bond donors (Lipinski definition) is 1. The molecule has 1 aromatic heterocycles. The largest absolute Gasteiger partial charge is 0.497 e. The summed E-state index contributed by atoms with van der Waals surface area (Å²) in [5, 5.41) is 3.00. The van der Waals surface area contributed by atoms with Gasteiger partial charge in [0.2, 0.25) is 11.8 Å². The van der Waals surface area contributed by atoms with E-state index < -0.39 is 53.7 Å². The van der Waals surface area contributed by atoms with E-state index in [2.05, 4.69) is 15.3 Å². The number of methoxy groups -OCH3 is 1. The van der Waals surface area contributed by atoms with E-state index in [-0.39, 0.29) is 48.1 Å². The zero-order valence-corrected chi connectivity index (χ0v) is 28.9. The highest BCUT2D eigenvalue weighted by atomic mass is 19.3. The molecule has 3 aliphatic carbocycles. The fourth-order valence-corrected chi connectivity index (χ4v) is 9.36. The Hall–Kier alpha value is -3.57. The molecule has 2 aliphatic heterocycles. The van der Waals surface area contributed by atoms with E-state index in [1.54, 1.807) is 25.1 Å². The van der Waals surface area contributed by atoms with Crippen LogP contribution in [-0.4, -0.2) is 70.6 Å². The fourth-order valence-electron chi connectivity index (χ4n) is 9.36. The van der Waals surface area contributed by atoms with Gasteiger partial charge in [0.25, 0.3) is 5.92 Å². The summed E-state index contributed by atoms with van der Waals surface area (Å²) in [5.41, 5.74) is -0.481. The van der Waals surface area contributed by atoms with E-state index in [0.717, 1.165) is 44.9 Å². The molecular weight excluding hydrogens is 634 g/mol. The number of benzene rings is 1. The average Bonchev–Trinajstić information content (AvgIpc) is 3.63. The summed E-state index contributed by atoms with van der Waals surface area (Å²) in [6.45, 7) is 5.19. The Bertz CT molecular complexity index is 1610. The number of ether oxygens (including phenoxy) is 3. The third-order valence-corrected chi connectivity index (χ3v) is 12.2. The predicted molar refractivity (Wildman–Crippen MR) is 176 cm³/mol. The Morgan fingerprint density at radius 2 is 1.73 bits per heavy atom. The van der Waals surface area contributed by atoms with Crippen LogP contribution in [-0.2, 0) is 20.2 Å². The number of nitrogens with zero attached hydrogens (tertiary/aromatic N) is 3. The molecule has 0 spiro atoms. The van der Waals surface area contributed by atoms with Crippen LogP contribution in [0.2, 0.25) is 0 Å². The van der Waals surface area contributed by atoms with Crippen molar-refractivity contribution in [3.8, 4) is 11.6 Å². The van der Waals surface area contributed by atoms with Crippen molar-refractivity contribution in [2.75, 3.05) is 13.7 Å². The lowest BCUT2D eigenvalue weighted by atomic mass is 9.70. The molecule has 266 valence electrons. The average molecular weight is 683 g/mol. The first kappa shape index (κ1) is 33.9. The first-order valence-corrected chi connectivity index (χ1v) is 18.1. The van der Waals surface area contributed by atoms with Crippen molar-refractivity contribution in [1.29, 1.82) is 0 Å². The van der Waals surface area contributed by atoms with E-state index in [0.29, 0.717) is 35.9 Å². The summed E-state index contributed by atoms with van der Waals surface area (Å²) in [6, 6.07) is 3.06. The molecule has 2 amide bonds. The van der Waals surface area contributed by atoms with Crippen LogP contribution in [0.1, 0.15) is 97.1 Å². The van der Waals surface area contributed by atoms with Crippen LogP contribution in [0.15, 0.2) is 18.2 Å². The van der Waals surface area contributed by atoms with Crippen LogP contribution in [0.4, 0.5) is 13.6 Å². The maximum absolute atomic E-state index is 16.2. The van der Waals surface area contributed by atoms with Crippen LogP contribution in [0.25, 0.3) is 11.0 Å². The van der Waals surface area contributed by atoms with Crippen LogP contribution < -0.4 is 14.8 Å². The predicted octanol–water partition coefficient (Wildman–Crippen LogP) is 6.58. The normalized spacial score (nSPS) is 34.3. The fraction of sp³-hybridized carbons (Fsp3) is 0.703. The number of alkyl carbamates (subject to hydrolysis) is 1. The molecule has 3 heterocycles. The number of carbonyl (C=O) groups excluding carboxylic acids is 3. The number of nitrogens with one attached hydrogen (secondary N) is 1. The number of hydrogen-bond acceptors (Lipinski definition) is 8. The molecule has 3 saturated carbocycles. The van der Waals surface area contributed by atoms with Crippen molar-refractivity contribution in [2.24, 2.45) is 29.1 Å². The molecule has 1 aromatic carbocycles. The minimum absolute atomic E-state index is 0.0372. The van der Waals surface area contributed by atoms with Gasteiger partial charge in [-0.1, -0.05) is 39.5 Å². The second-order valence-electron chi connectivity index (χ2n) is 15.5. The molecule has 0 radical (unpaired) electrons. The molecule has 1 saturated heterocycles. The molecule has 12 heteroatoms. The van der Waals surface area contributed by atoms with Crippen molar-refractivity contribution < 1.29 is 37.4 Å². The molecule has 8 atom stereocenters. The number of amides is 2. The Kier molecular flexibility index (Phi) is 8.96. The van der Waals surface area contributed by atoms with Gasteiger partial charge in [0.05, 0.1) is 30.7 Å². The van der Waals surface area contributed by atoms with Gasteiger partial charge in [-0.15, -0.1) is 0 Å². The van der Waals surface area contributed by atoms with Gasteiger partial charge in [-0.2, -0.15) is 8.78 Å². The summed E-state index contributed by atoms with van der Waals surface area (Å²) in [4.78, 5) is 51.9. The molecule has 7 rings (SSSR count). The summed E-state index contributed by atoms with van der Waals surface area (Å²) < 4.78 is 50.2. The van der Waals surface area contributed by atoms with Crippen LogP contribution in [0.3, 0.4) is 0 Å². The molecule has 1 N–H and O–H groups in total. The number of aromatic nitrogens is 2. The summed E-state index contributed by atoms with van der Waals surface area (Å²) in [7, 11) is 1.51. The van der Waals surface area contributed by atoms with Gasteiger partial charge in [-0.05, 0) is 80.8 Å². The maximum atomic E-state index is 16.2. The first-order chi connectivity index (χ1) is 23.4. The standard InChI is InChI=1S/C37H48F2N4O6/c1-20-29-19-43(30(20)21(2)44)34(45)32(36(3)13-7-5-8-14-36)42-35(46)49-28-17-22-16-25(22)24(28)10-6-9-15-37(38,39)31-33(48-29)41-27-18-23(47-4)11-12-26(27)40-31/h11-12,18,20,22,24-25,28-30,32H,5-10,13-17,19H2,1-4H3,(H,42,46)/t20-,22?,24-,25?,28-,29+,30+,32-/m1/s1. The molecule has 5 aliphatic rings. The van der Waals surface area contributed by atoms with E-state index in [4.69, 9.17) is 14.2 Å². The van der Waals surface area contributed by atoms with Gasteiger partial charge in [-0.3, -0.25) is 9.59 Å². The smallest absolute Gasteiger partial charge is 0.408 e.